The highest BCUT2D eigenvalue weighted by molar-refractivity contribution is 8.16. The van der Waals surface area contributed by atoms with E-state index >= 15 is 0 Å². The molecule has 2 aromatic carbocycles. The van der Waals surface area contributed by atoms with Crippen LogP contribution in [0.5, 0.6) is 17.2 Å². The van der Waals surface area contributed by atoms with Crippen LogP contribution in [0.3, 0.4) is 0 Å². The number of phenols is 2. The number of carboxylic acid groups (broad SMARTS) is 1. The minimum Gasteiger partial charge on any atom is -0.508 e. The Labute approximate surface area is 170 Å². The quantitative estimate of drug-likeness (QED) is 0.487. The number of amides is 1. The maximum Gasteiger partial charge on any atom is 0.305 e. The van der Waals surface area contributed by atoms with Crippen molar-refractivity contribution in [2.24, 2.45) is 10.2 Å². The summed E-state index contributed by atoms with van der Waals surface area (Å²) >= 11 is 1.00. The van der Waals surface area contributed by atoms with Crippen LogP contribution in [0.25, 0.3) is 0 Å². The number of hydrogen-bond acceptors (Lipinski definition) is 8. The number of aliphatic carboxylic acids is 1. The van der Waals surface area contributed by atoms with Crippen molar-refractivity contribution in [1.29, 1.82) is 0 Å². The first-order valence-corrected chi connectivity index (χ1v) is 9.26. The van der Waals surface area contributed by atoms with Crippen molar-refractivity contribution < 1.29 is 29.6 Å². The van der Waals surface area contributed by atoms with Crippen molar-refractivity contribution in [3.63, 3.8) is 0 Å². The average molecular weight is 415 g/mol. The second kappa shape index (κ2) is 8.65. The third-order valence-corrected chi connectivity index (χ3v) is 5.08. The van der Waals surface area contributed by atoms with Gasteiger partial charge in [-0.25, -0.2) is 0 Å². The van der Waals surface area contributed by atoms with E-state index in [1.165, 1.54) is 48.6 Å². The number of phenolic OH excluding ortho intramolecular Hbond substituents is 2. The molecule has 1 heterocycles. The van der Waals surface area contributed by atoms with Crippen LogP contribution in [0.15, 0.2) is 52.7 Å². The van der Waals surface area contributed by atoms with Crippen LogP contribution in [0, 0.1) is 0 Å². The molecule has 1 aliphatic rings. The Morgan fingerprint density at radius 2 is 1.97 bits per heavy atom. The van der Waals surface area contributed by atoms with Crippen molar-refractivity contribution in [2.45, 2.75) is 11.7 Å². The van der Waals surface area contributed by atoms with E-state index in [1.54, 1.807) is 12.1 Å². The number of methoxy groups -OCH3 is 1. The lowest BCUT2D eigenvalue weighted by Crippen LogP contribution is -2.32. The zero-order valence-corrected chi connectivity index (χ0v) is 16.0. The highest BCUT2D eigenvalue weighted by Gasteiger charge is 2.40. The molecule has 29 heavy (non-hydrogen) atoms. The van der Waals surface area contributed by atoms with E-state index in [9.17, 15) is 19.8 Å². The number of thioether (sulfide) groups is 1. The summed E-state index contributed by atoms with van der Waals surface area (Å²) in [5.41, 5.74) is 1.05. The van der Waals surface area contributed by atoms with E-state index in [0.29, 0.717) is 11.3 Å². The molecule has 3 N–H and O–H groups in total. The third-order valence-electron chi connectivity index (χ3n) is 3.96. The Bertz CT molecular complexity index is 990. The van der Waals surface area contributed by atoms with Gasteiger partial charge in [0.15, 0.2) is 16.7 Å². The fourth-order valence-electron chi connectivity index (χ4n) is 2.58. The Morgan fingerprint density at radius 3 is 2.62 bits per heavy atom. The van der Waals surface area contributed by atoms with Gasteiger partial charge in [-0.15, -0.1) is 5.10 Å². The number of ether oxygens (including phenoxy) is 1. The van der Waals surface area contributed by atoms with E-state index < -0.39 is 17.1 Å². The number of nitrogens with zero attached hydrogens (tertiary/aromatic N) is 3. The monoisotopic (exact) mass is 415 g/mol. The highest BCUT2D eigenvalue weighted by atomic mass is 32.2. The van der Waals surface area contributed by atoms with E-state index in [1.807, 2.05) is 0 Å². The molecule has 1 amide bonds. The molecule has 1 aliphatic heterocycles. The fourth-order valence-corrected chi connectivity index (χ4v) is 3.66. The molecule has 0 aromatic heterocycles. The lowest BCUT2D eigenvalue weighted by atomic mass is 10.2. The summed E-state index contributed by atoms with van der Waals surface area (Å²) in [7, 11) is 1.43. The van der Waals surface area contributed by atoms with Gasteiger partial charge in [0.2, 0.25) is 5.91 Å². The molecular formula is C19H17N3O6S. The van der Waals surface area contributed by atoms with Crippen LogP contribution in [0.1, 0.15) is 12.0 Å². The van der Waals surface area contributed by atoms with Gasteiger partial charge in [-0.1, -0.05) is 11.8 Å². The molecule has 0 saturated carbocycles. The number of hydrogen-bond donors (Lipinski definition) is 3. The fraction of sp³-hybridized carbons (Fsp3) is 0.158. The number of carbonyl (C=O) groups is 2. The smallest absolute Gasteiger partial charge is 0.305 e. The van der Waals surface area contributed by atoms with Gasteiger partial charge in [-0.3, -0.25) is 14.5 Å². The Morgan fingerprint density at radius 1 is 1.24 bits per heavy atom. The molecule has 1 atom stereocenters. The van der Waals surface area contributed by atoms with Gasteiger partial charge in [-0.05, 0) is 48.0 Å². The molecule has 0 spiro atoms. The molecule has 0 unspecified atom stereocenters. The Kier molecular flexibility index (Phi) is 6.03. The molecule has 3 rings (SSSR count). The topological polar surface area (TPSA) is 132 Å². The van der Waals surface area contributed by atoms with Gasteiger partial charge in [0, 0.05) is 0 Å². The first kappa shape index (κ1) is 20.2. The number of rotatable bonds is 6. The summed E-state index contributed by atoms with van der Waals surface area (Å²) in [5.74, 6) is -1.22. The van der Waals surface area contributed by atoms with Gasteiger partial charge >= 0.3 is 5.97 Å². The molecule has 1 saturated heterocycles. The van der Waals surface area contributed by atoms with E-state index in [0.717, 1.165) is 11.8 Å². The molecular weight excluding hydrogens is 398 g/mol. The number of carboxylic acids is 1. The summed E-state index contributed by atoms with van der Waals surface area (Å²) in [6.07, 6.45) is 1.06. The Hall–Kier alpha value is -3.53. The SMILES string of the molecule is COc1cc(/C=N/N=C2/S[C@@H](CC(=O)O)C(=O)N2c2ccc(O)cc2)ccc1O. The minimum atomic E-state index is -1.09. The third kappa shape index (κ3) is 4.66. The lowest BCUT2D eigenvalue weighted by molar-refractivity contribution is -0.138. The van der Waals surface area contributed by atoms with Crippen molar-refractivity contribution in [3.8, 4) is 17.2 Å². The molecule has 2 aromatic rings. The van der Waals surface area contributed by atoms with Gasteiger partial charge in [0.25, 0.3) is 0 Å². The van der Waals surface area contributed by atoms with E-state index in [-0.39, 0.29) is 28.8 Å². The molecule has 1 fully saturated rings. The summed E-state index contributed by atoms with van der Waals surface area (Å²) in [6.45, 7) is 0. The van der Waals surface area contributed by atoms with Crippen LogP contribution in [0.2, 0.25) is 0 Å². The summed E-state index contributed by atoms with van der Waals surface area (Å²) in [6, 6.07) is 10.5. The predicted octanol–water partition coefficient (Wildman–Crippen LogP) is 2.42. The van der Waals surface area contributed by atoms with Gasteiger partial charge in [0.05, 0.1) is 25.4 Å². The first-order valence-electron chi connectivity index (χ1n) is 8.38. The summed E-state index contributed by atoms with van der Waals surface area (Å²) in [5, 5.41) is 35.6. The van der Waals surface area contributed by atoms with Crippen molar-refractivity contribution >= 4 is 40.7 Å². The summed E-state index contributed by atoms with van der Waals surface area (Å²) in [4.78, 5) is 25.0. The van der Waals surface area contributed by atoms with Crippen LogP contribution in [-0.4, -0.2) is 50.9 Å². The second-order valence-corrected chi connectivity index (χ2v) is 7.12. The van der Waals surface area contributed by atoms with Crippen molar-refractivity contribution in [2.75, 3.05) is 12.0 Å². The standard InChI is InChI=1S/C19H17N3O6S/c1-28-15-8-11(2-7-14(15)24)10-20-21-19-22(12-3-5-13(23)6-4-12)18(27)16(29-19)9-17(25)26/h2-8,10,16,23-24H,9H2,1H3,(H,25,26)/b20-10+,21-19+/t16-/m0/s1. The zero-order chi connectivity index (χ0) is 21.0. The van der Waals surface area contributed by atoms with Gasteiger partial charge in [0.1, 0.15) is 11.0 Å². The largest absolute Gasteiger partial charge is 0.508 e. The maximum atomic E-state index is 12.7. The Balaban J connectivity index is 1.89. The molecule has 9 nitrogen and oxygen atoms in total. The van der Waals surface area contributed by atoms with Crippen LogP contribution in [0.4, 0.5) is 5.69 Å². The predicted molar refractivity (Wildman–Crippen MR) is 109 cm³/mol. The minimum absolute atomic E-state index is 0.0112. The molecule has 10 heteroatoms. The normalized spacial score (nSPS) is 18.0. The molecule has 150 valence electrons. The number of carbonyl (C=O) groups excluding carboxylic acids is 1. The lowest BCUT2D eigenvalue weighted by Gasteiger charge is -2.15. The summed E-state index contributed by atoms with van der Waals surface area (Å²) < 4.78 is 5.03. The van der Waals surface area contributed by atoms with Crippen LogP contribution >= 0.6 is 11.8 Å². The van der Waals surface area contributed by atoms with Crippen molar-refractivity contribution in [1.82, 2.24) is 0 Å². The number of aromatic hydroxyl groups is 2. The number of amidine groups is 1. The maximum absolute atomic E-state index is 12.7. The average Bonchev–Trinajstić information content (AvgIpc) is 2.98. The second-order valence-electron chi connectivity index (χ2n) is 5.95. The number of benzene rings is 2. The number of anilines is 1. The van der Waals surface area contributed by atoms with Gasteiger partial charge < -0.3 is 20.1 Å². The van der Waals surface area contributed by atoms with Crippen molar-refractivity contribution in [3.05, 3.63) is 48.0 Å². The molecule has 0 aliphatic carbocycles. The van der Waals surface area contributed by atoms with E-state index in [4.69, 9.17) is 9.84 Å². The first-order chi connectivity index (χ1) is 13.9. The zero-order valence-electron chi connectivity index (χ0n) is 15.2. The van der Waals surface area contributed by atoms with Crippen LogP contribution < -0.4 is 9.64 Å². The van der Waals surface area contributed by atoms with Crippen LogP contribution in [-0.2, 0) is 9.59 Å². The molecule has 0 bridgehead atoms. The van der Waals surface area contributed by atoms with E-state index in [2.05, 4.69) is 10.2 Å². The highest BCUT2D eigenvalue weighted by Crippen LogP contribution is 2.34. The molecule has 0 radical (unpaired) electrons. The van der Waals surface area contributed by atoms with Gasteiger partial charge in [-0.2, -0.15) is 5.10 Å².